The highest BCUT2D eigenvalue weighted by atomic mass is 31.2. The fraction of sp³-hybridized carbons (Fsp3) is 0.567. The van der Waals surface area contributed by atoms with Gasteiger partial charge in [0, 0.05) is 67.8 Å². The van der Waals surface area contributed by atoms with E-state index in [1.54, 1.807) is 26.8 Å². The number of fused-ring (bicyclic) bond motifs is 1. The number of benzene rings is 1. The van der Waals surface area contributed by atoms with Crippen molar-refractivity contribution in [1.82, 2.24) is 30.2 Å². The summed E-state index contributed by atoms with van der Waals surface area (Å²) in [5, 5.41) is 14.6. The maximum atomic E-state index is 16.4. The van der Waals surface area contributed by atoms with Crippen LogP contribution in [0.5, 0.6) is 0 Å². The highest BCUT2D eigenvalue weighted by Crippen LogP contribution is 2.45. The van der Waals surface area contributed by atoms with Crippen molar-refractivity contribution < 1.29 is 37.5 Å². The number of anilines is 1. The molecule has 2 aromatic heterocycles. The molecule has 1 aromatic carbocycles. The van der Waals surface area contributed by atoms with Crippen molar-refractivity contribution in [1.29, 1.82) is 5.26 Å². The number of carbonyl (C=O) groups is 1. The molecule has 2 aliphatic heterocycles. The first-order chi connectivity index (χ1) is 22.4. The van der Waals surface area contributed by atoms with Crippen molar-refractivity contribution in [3.05, 3.63) is 35.7 Å². The number of hydrogen-bond donors (Lipinski definition) is 5. The molecule has 15 nitrogen and oxygen atoms in total. The Hall–Kier alpha value is -3.55. The molecule has 254 valence electrons. The highest BCUT2D eigenvalue weighted by molar-refractivity contribution is 7.46. The zero-order valence-electron chi connectivity index (χ0n) is 26.5. The fourth-order valence-corrected chi connectivity index (χ4v) is 6.94. The first-order valence-electron chi connectivity index (χ1n) is 15.6. The summed E-state index contributed by atoms with van der Waals surface area (Å²) in [6.07, 6.45) is 3.05. The summed E-state index contributed by atoms with van der Waals surface area (Å²) in [4.78, 5) is 50.6. The molecule has 0 bridgehead atoms. The number of nitriles is 1. The predicted octanol–water partition coefficient (Wildman–Crippen LogP) is 3.91. The Morgan fingerprint density at radius 3 is 2.64 bits per heavy atom. The Bertz CT molecular complexity index is 1650. The fourth-order valence-electron chi connectivity index (χ4n) is 6.24. The molecule has 2 fully saturated rings. The largest absolute Gasteiger partial charge is 0.469 e. The normalized spacial score (nSPS) is 19.0. The average Bonchev–Trinajstić information content (AvgIpc) is 3.71. The van der Waals surface area contributed by atoms with Crippen LogP contribution in [-0.2, 0) is 24.0 Å². The van der Waals surface area contributed by atoms with Gasteiger partial charge in [-0.25, -0.2) is 28.7 Å². The molecule has 0 saturated carbocycles. The monoisotopic (exact) mass is 674 g/mol. The molecule has 0 radical (unpaired) electrons. The Balaban J connectivity index is 1.52. The minimum Gasteiger partial charge on any atom is -0.379 e. The van der Waals surface area contributed by atoms with Crippen molar-refractivity contribution in [3.63, 3.8) is 0 Å². The third-order valence-electron chi connectivity index (χ3n) is 8.49. The lowest BCUT2D eigenvalue weighted by Crippen LogP contribution is -2.55. The van der Waals surface area contributed by atoms with Crippen molar-refractivity contribution in [3.8, 4) is 17.2 Å². The summed E-state index contributed by atoms with van der Waals surface area (Å²) in [7, 11) is -4.99. The van der Waals surface area contributed by atoms with Gasteiger partial charge in [-0.15, -0.1) is 0 Å². The van der Waals surface area contributed by atoms with Gasteiger partial charge < -0.3 is 29.6 Å². The second kappa shape index (κ2) is 14.7. The molecule has 5 rings (SSSR count). The molecule has 17 heteroatoms. The lowest BCUT2D eigenvalue weighted by Gasteiger charge is -2.44. The summed E-state index contributed by atoms with van der Waals surface area (Å²) >= 11 is 0. The molecule has 3 atom stereocenters. The van der Waals surface area contributed by atoms with Gasteiger partial charge in [-0.2, -0.15) is 5.26 Å². The van der Waals surface area contributed by atoms with Crippen LogP contribution in [0.15, 0.2) is 18.5 Å². The van der Waals surface area contributed by atoms with Crippen LogP contribution in [0.25, 0.3) is 22.2 Å². The number of phosphoric ester groups is 1. The lowest BCUT2D eigenvalue weighted by molar-refractivity contribution is -0.0437. The van der Waals surface area contributed by atoms with Gasteiger partial charge in [-0.1, -0.05) is 13.8 Å². The Morgan fingerprint density at radius 1 is 1.30 bits per heavy atom. The zero-order valence-corrected chi connectivity index (χ0v) is 27.4. The number of hydrogen-bond acceptors (Lipinski definition) is 10. The first-order valence-corrected chi connectivity index (χ1v) is 17.1. The molecule has 5 N–H and O–H groups in total. The van der Waals surface area contributed by atoms with E-state index in [4.69, 9.17) is 14.0 Å². The van der Waals surface area contributed by atoms with E-state index in [0.29, 0.717) is 68.9 Å². The second-order valence-electron chi connectivity index (χ2n) is 12.1. The number of nitrogens with one attached hydrogen (secondary N) is 3. The first kappa shape index (κ1) is 34.8. The van der Waals surface area contributed by atoms with Crippen LogP contribution in [0.4, 0.5) is 15.1 Å². The van der Waals surface area contributed by atoms with E-state index in [1.165, 1.54) is 12.4 Å². The smallest absolute Gasteiger partial charge is 0.379 e. The van der Waals surface area contributed by atoms with Crippen molar-refractivity contribution in [2.75, 3.05) is 44.8 Å². The van der Waals surface area contributed by atoms with E-state index in [2.05, 4.69) is 36.6 Å². The van der Waals surface area contributed by atoms with Crippen LogP contribution in [-0.4, -0.2) is 92.3 Å². The van der Waals surface area contributed by atoms with Gasteiger partial charge in [-0.05, 0) is 32.3 Å². The summed E-state index contributed by atoms with van der Waals surface area (Å²) in [6, 6.07) is 2.67. The number of H-pyrrole nitrogens is 1. The zero-order chi connectivity index (χ0) is 33.8. The number of nitrogens with zero attached hydrogens (tertiary/aromatic N) is 5. The lowest BCUT2D eigenvalue weighted by atomic mass is 9.79. The van der Waals surface area contributed by atoms with Crippen molar-refractivity contribution >= 4 is 30.8 Å². The van der Waals surface area contributed by atoms with Gasteiger partial charge in [0.25, 0.3) is 0 Å². The summed E-state index contributed by atoms with van der Waals surface area (Å²) in [6.45, 7) is 7.98. The molecule has 0 aliphatic carbocycles. The number of aromatic amines is 1. The van der Waals surface area contributed by atoms with Gasteiger partial charge in [0.05, 0.1) is 47.9 Å². The molecular formula is C30H40FN8O7P. The molecule has 2 amide bonds. The number of imidazole rings is 1. The molecule has 0 spiro atoms. The van der Waals surface area contributed by atoms with Gasteiger partial charge in [0.1, 0.15) is 11.6 Å². The van der Waals surface area contributed by atoms with Gasteiger partial charge in [0.15, 0.2) is 0 Å². The molecule has 4 heterocycles. The number of phosphoric acid groups is 1. The van der Waals surface area contributed by atoms with Crippen LogP contribution < -0.4 is 10.6 Å². The van der Waals surface area contributed by atoms with Crippen LogP contribution in [0.2, 0.25) is 0 Å². The van der Waals surface area contributed by atoms with Crippen LogP contribution >= 0.6 is 7.82 Å². The summed E-state index contributed by atoms with van der Waals surface area (Å²) in [5.74, 6) is -0.189. The van der Waals surface area contributed by atoms with Crippen molar-refractivity contribution in [2.45, 2.75) is 70.1 Å². The Morgan fingerprint density at radius 2 is 2.02 bits per heavy atom. The number of amides is 2. The maximum Gasteiger partial charge on any atom is 0.469 e. The number of urea groups is 1. The Kier molecular flexibility index (Phi) is 10.9. The molecular weight excluding hydrogens is 634 g/mol. The highest BCUT2D eigenvalue weighted by Gasteiger charge is 2.46. The van der Waals surface area contributed by atoms with E-state index in [0.717, 1.165) is 6.42 Å². The standard InChI is InChI=1S/C30H40FN8O7P/c1-4-33-29(40)38-28-36-20-15-19(24(31)23(25(20)37-28)22-8-6-12-45-22)18-16-34-27(35-17-18)30(2,3)26(46-47(41,42)43)21(7-5-9-32)39-10-13-44-14-11-39/h15-17,21-22,26H,4-8,10-14H2,1-3H3,(H2,41,42,43)(H3,33,36,37,38,40)/t21?,22-,26?/m1/s1. The number of rotatable bonds is 12. The number of halogens is 1. The third kappa shape index (κ3) is 7.95. The van der Waals surface area contributed by atoms with Crippen LogP contribution in [0.3, 0.4) is 0 Å². The van der Waals surface area contributed by atoms with Gasteiger partial charge in [0.2, 0.25) is 5.95 Å². The number of carbonyl (C=O) groups excluding carboxylic acids is 1. The Labute approximate surface area is 271 Å². The molecule has 2 aliphatic rings. The van der Waals surface area contributed by atoms with Crippen LogP contribution in [0, 0.1) is 17.1 Å². The quantitative estimate of drug-likeness (QED) is 0.173. The molecule has 47 heavy (non-hydrogen) atoms. The topological polar surface area (TPSA) is 208 Å². The van der Waals surface area contributed by atoms with Gasteiger partial charge in [-0.3, -0.25) is 14.7 Å². The SMILES string of the molecule is CCNC(=O)Nc1nc2c([C@H]3CCCO3)c(F)c(-c3cnc(C(C)(C)C(OP(=O)(O)O)C(CCC#N)N4CCOCC4)nc3)cc2[nH]1. The van der Waals surface area contributed by atoms with Crippen LogP contribution in [0.1, 0.15) is 63.9 Å². The molecule has 2 unspecified atom stereocenters. The third-order valence-corrected chi connectivity index (χ3v) is 8.99. The number of ether oxygens (including phenoxy) is 2. The van der Waals surface area contributed by atoms with Crippen molar-refractivity contribution in [2.24, 2.45) is 0 Å². The minimum absolute atomic E-state index is 0.141. The van der Waals surface area contributed by atoms with E-state index in [9.17, 15) is 24.4 Å². The minimum atomic E-state index is -4.99. The summed E-state index contributed by atoms with van der Waals surface area (Å²) in [5.41, 5.74) is 0.450. The van der Waals surface area contributed by atoms with E-state index in [1.807, 2.05) is 4.90 Å². The molecule has 2 saturated heterocycles. The number of morpholine rings is 1. The number of aromatic nitrogens is 4. The van der Waals surface area contributed by atoms with Gasteiger partial charge >= 0.3 is 13.9 Å². The van der Waals surface area contributed by atoms with E-state index < -0.39 is 43.3 Å². The predicted molar refractivity (Wildman–Crippen MR) is 169 cm³/mol. The maximum absolute atomic E-state index is 16.4. The van der Waals surface area contributed by atoms with E-state index in [-0.39, 0.29) is 29.3 Å². The summed E-state index contributed by atoms with van der Waals surface area (Å²) < 4.78 is 45.4. The average molecular weight is 675 g/mol. The molecule has 3 aromatic rings. The second-order valence-corrected chi connectivity index (χ2v) is 13.3. The van der Waals surface area contributed by atoms with E-state index >= 15 is 4.39 Å².